The Kier molecular flexibility index (Phi) is 10.2. The Morgan fingerprint density at radius 1 is 1.02 bits per heavy atom. The van der Waals surface area contributed by atoms with Gasteiger partial charge in [-0.1, -0.05) is 45.9 Å². The molecule has 1 aromatic rings. The van der Waals surface area contributed by atoms with Crippen LogP contribution in [0.3, 0.4) is 0 Å². The number of anilines is 1. The molecule has 50 heavy (non-hydrogen) atoms. The molecule has 2 bridgehead atoms. The highest BCUT2D eigenvalue weighted by molar-refractivity contribution is 5.86. The first-order valence-electron chi connectivity index (χ1n) is 18.5. The Hall–Kier alpha value is -3.35. The van der Waals surface area contributed by atoms with Crippen LogP contribution in [0, 0.1) is 44.1 Å². The van der Waals surface area contributed by atoms with Gasteiger partial charge >= 0.3 is 5.97 Å². The largest absolute Gasteiger partial charge is 0.461 e. The van der Waals surface area contributed by atoms with Gasteiger partial charge in [-0.25, -0.2) is 0 Å². The van der Waals surface area contributed by atoms with Gasteiger partial charge in [-0.2, -0.15) is 0 Å². The maximum Gasteiger partial charge on any atom is 0.320 e. The second-order valence-electron chi connectivity index (χ2n) is 16.2. The number of amides is 1. The number of ether oxygens (including phenoxy) is 1. The van der Waals surface area contributed by atoms with E-state index in [9.17, 15) is 29.6 Å². The van der Waals surface area contributed by atoms with E-state index in [-0.39, 0.29) is 58.0 Å². The number of nitrogens with zero attached hydrogens (tertiary/aromatic N) is 5. The first-order chi connectivity index (χ1) is 23.7. The molecule has 2 aliphatic heterocycles. The van der Waals surface area contributed by atoms with Crippen LogP contribution in [0.5, 0.6) is 0 Å². The summed E-state index contributed by atoms with van der Waals surface area (Å²) in [6, 6.07) is 6.76. The van der Waals surface area contributed by atoms with Gasteiger partial charge in [0, 0.05) is 81.6 Å². The fraction of sp³-hybridized carbons (Fsp3) is 0.711. The number of aliphatic hydroxyl groups excluding tert-OH is 1. The van der Waals surface area contributed by atoms with E-state index in [1.165, 1.54) is 6.07 Å². The number of carbonyl (C=O) groups is 3. The van der Waals surface area contributed by atoms with Gasteiger partial charge in [0.1, 0.15) is 17.6 Å². The van der Waals surface area contributed by atoms with Crippen molar-refractivity contribution in [2.75, 3.05) is 70.3 Å². The third-order valence-electron chi connectivity index (χ3n) is 13.8. The standard InChI is InChI=1S/C38H55N5O7/c1-6-36(4)23-31(37(5)26(2)11-13-38(27(3)35(36)47)14-12-30(44)34(37)38)50-33(46)25-40-17-21-42(22-18-40)32(45)24-39-15-19-41(20-16-39)28-9-7-8-10-29(28)43(48)49/h6-10,26-27,31,34-35,47H,1,11-25H2,2-5H3/t26-,27+,31-,34+,35+,36-,37+,38+/m1/s1. The van der Waals surface area contributed by atoms with E-state index in [0.29, 0.717) is 77.4 Å². The number of nitro groups is 1. The molecule has 1 aromatic carbocycles. The highest BCUT2D eigenvalue weighted by atomic mass is 16.6. The molecule has 1 N–H and O–H groups in total. The quantitative estimate of drug-likeness (QED) is 0.186. The predicted molar refractivity (Wildman–Crippen MR) is 189 cm³/mol. The van der Waals surface area contributed by atoms with Crippen LogP contribution in [-0.2, 0) is 19.1 Å². The molecule has 3 aliphatic carbocycles. The summed E-state index contributed by atoms with van der Waals surface area (Å²) < 4.78 is 6.44. The summed E-state index contributed by atoms with van der Waals surface area (Å²) in [6.07, 6.45) is 4.08. The van der Waals surface area contributed by atoms with Gasteiger partial charge in [0.15, 0.2) is 0 Å². The molecule has 0 radical (unpaired) electrons. The average molecular weight is 694 g/mol. The molecular weight excluding hydrogens is 638 g/mol. The highest BCUT2D eigenvalue weighted by Gasteiger charge is 2.68. The van der Waals surface area contributed by atoms with Gasteiger partial charge in [0.05, 0.1) is 24.1 Å². The molecule has 5 aliphatic rings. The van der Waals surface area contributed by atoms with Crippen molar-refractivity contribution in [1.29, 1.82) is 0 Å². The number of rotatable bonds is 8. The number of esters is 1. The smallest absolute Gasteiger partial charge is 0.320 e. The zero-order chi connectivity index (χ0) is 36.0. The van der Waals surface area contributed by atoms with Crippen LogP contribution in [0.15, 0.2) is 36.9 Å². The summed E-state index contributed by atoms with van der Waals surface area (Å²) in [7, 11) is 0. The molecule has 5 fully saturated rings. The minimum absolute atomic E-state index is 0.0429. The van der Waals surface area contributed by atoms with Gasteiger partial charge in [-0.3, -0.25) is 34.3 Å². The van der Waals surface area contributed by atoms with Crippen molar-refractivity contribution in [3.05, 3.63) is 47.0 Å². The number of benzene rings is 1. The Balaban J connectivity index is 1.04. The first kappa shape index (κ1) is 36.4. The van der Waals surface area contributed by atoms with E-state index in [2.05, 4.69) is 32.3 Å². The van der Waals surface area contributed by atoms with Crippen LogP contribution in [0.4, 0.5) is 11.4 Å². The zero-order valence-corrected chi connectivity index (χ0v) is 30.2. The summed E-state index contributed by atoms with van der Waals surface area (Å²) >= 11 is 0. The number of hydrogen-bond donors (Lipinski definition) is 1. The molecular formula is C38H55N5O7. The van der Waals surface area contributed by atoms with Crippen LogP contribution in [-0.4, -0.2) is 120 Å². The summed E-state index contributed by atoms with van der Waals surface area (Å²) in [5.74, 6) is -0.218. The molecule has 0 unspecified atom stereocenters. The lowest BCUT2D eigenvalue weighted by molar-refractivity contribution is -0.384. The molecule has 2 heterocycles. The lowest BCUT2D eigenvalue weighted by Crippen LogP contribution is -2.63. The van der Waals surface area contributed by atoms with Crippen molar-refractivity contribution < 1.29 is 29.2 Å². The average Bonchev–Trinajstić information content (AvgIpc) is 3.46. The van der Waals surface area contributed by atoms with Crippen molar-refractivity contribution in [3.8, 4) is 0 Å². The Morgan fingerprint density at radius 2 is 1.66 bits per heavy atom. The Morgan fingerprint density at radius 3 is 2.32 bits per heavy atom. The van der Waals surface area contributed by atoms with Crippen LogP contribution in [0.2, 0.25) is 0 Å². The van der Waals surface area contributed by atoms with E-state index in [1.54, 1.807) is 18.2 Å². The summed E-state index contributed by atoms with van der Waals surface area (Å²) in [6.45, 7) is 17.6. The number of aliphatic hydroxyl groups is 1. The maximum atomic E-state index is 13.7. The molecule has 6 rings (SSSR count). The van der Waals surface area contributed by atoms with Gasteiger partial charge in [-0.05, 0) is 49.0 Å². The predicted octanol–water partition coefficient (Wildman–Crippen LogP) is 3.77. The number of piperazine rings is 2. The fourth-order valence-electron chi connectivity index (χ4n) is 10.4. The normalized spacial score (nSPS) is 36.7. The van der Waals surface area contributed by atoms with Crippen LogP contribution in [0.1, 0.15) is 59.8 Å². The van der Waals surface area contributed by atoms with Crippen LogP contribution >= 0.6 is 0 Å². The van der Waals surface area contributed by atoms with Crippen molar-refractivity contribution in [3.63, 3.8) is 0 Å². The van der Waals surface area contributed by atoms with Gasteiger partial charge in [0.25, 0.3) is 5.69 Å². The van der Waals surface area contributed by atoms with Crippen molar-refractivity contribution >= 4 is 29.0 Å². The molecule has 0 aromatic heterocycles. The van der Waals surface area contributed by atoms with E-state index < -0.39 is 23.0 Å². The van der Waals surface area contributed by atoms with Crippen molar-refractivity contribution in [1.82, 2.24) is 14.7 Å². The number of nitro benzene ring substituents is 1. The van der Waals surface area contributed by atoms with E-state index in [1.807, 2.05) is 27.7 Å². The Bertz CT molecular complexity index is 1490. The highest BCUT2D eigenvalue weighted by Crippen LogP contribution is 2.68. The van der Waals surface area contributed by atoms with E-state index in [0.717, 1.165) is 19.3 Å². The molecule has 3 saturated carbocycles. The molecule has 1 amide bonds. The monoisotopic (exact) mass is 693 g/mol. The molecule has 2 saturated heterocycles. The topological polar surface area (TPSA) is 137 Å². The van der Waals surface area contributed by atoms with Gasteiger partial charge in [-0.15, -0.1) is 6.58 Å². The maximum absolute atomic E-state index is 13.7. The number of Topliss-reactive ketones (excluding diaryl/α,β-unsaturated/α-hetero) is 1. The third-order valence-corrected chi connectivity index (χ3v) is 13.8. The molecule has 8 atom stereocenters. The minimum atomic E-state index is -0.702. The Labute approximate surface area is 295 Å². The van der Waals surface area contributed by atoms with Crippen molar-refractivity contribution in [2.24, 2.45) is 34.0 Å². The lowest BCUT2D eigenvalue weighted by atomic mass is 9.44. The van der Waals surface area contributed by atoms with E-state index >= 15 is 0 Å². The third kappa shape index (κ3) is 6.36. The summed E-state index contributed by atoms with van der Waals surface area (Å²) in [5.41, 5.74) is -0.837. The number of ketones is 1. The second-order valence-corrected chi connectivity index (χ2v) is 16.2. The zero-order valence-electron chi connectivity index (χ0n) is 30.2. The van der Waals surface area contributed by atoms with E-state index in [4.69, 9.17) is 4.74 Å². The molecule has 12 nitrogen and oxygen atoms in total. The fourth-order valence-corrected chi connectivity index (χ4v) is 10.4. The molecule has 274 valence electrons. The minimum Gasteiger partial charge on any atom is -0.461 e. The number of hydrogen-bond acceptors (Lipinski definition) is 10. The SMILES string of the molecule is C=C[C@]1(C)C[C@@H](OC(=O)CN2CCN(C(=O)CN3CCN(c4ccccc4[N+](=O)[O-])CC3)CC2)[C@]2(C)[C@H](C)CC[C@]3(CCC(=O)[C@H]32)[C@@H](C)[C@@H]1O. The van der Waals surface area contributed by atoms with Gasteiger partial charge < -0.3 is 19.6 Å². The molecule has 0 spiro atoms. The summed E-state index contributed by atoms with van der Waals surface area (Å²) in [4.78, 5) is 59.7. The number of carbonyl (C=O) groups excluding carboxylic acids is 3. The number of para-hydroxylation sites is 2. The van der Waals surface area contributed by atoms with Crippen molar-refractivity contribution in [2.45, 2.75) is 72.0 Å². The molecule has 12 heteroatoms. The van der Waals surface area contributed by atoms with Crippen LogP contribution < -0.4 is 4.90 Å². The lowest BCUT2D eigenvalue weighted by Gasteiger charge is -2.61. The van der Waals surface area contributed by atoms with Crippen LogP contribution in [0.25, 0.3) is 0 Å². The summed E-state index contributed by atoms with van der Waals surface area (Å²) in [5, 5.41) is 23.3. The first-order valence-corrected chi connectivity index (χ1v) is 18.5. The second kappa shape index (κ2) is 14.0. The van der Waals surface area contributed by atoms with Gasteiger partial charge in [0.2, 0.25) is 5.91 Å².